The highest BCUT2D eigenvalue weighted by molar-refractivity contribution is 9.10. The second-order valence-electron chi connectivity index (χ2n) is 7.04. The van der Waals surface area contributed by atoms with Gasteiger partial charge in [0.1, 0.15) is 16.0 Å². The third-order valence-electron chi connectivity index (χ3n) is 3.83. The zero-order valence-corrected chi connectivity index (χ0v) is 17.0. The summed E-state index contributed by atoms with van der Waals surface area (Å²) in [6, 6.07) is 4.27. The van der Waals surface area contributed by atoms with Crippen LogP contribution in [0.3, 0.4) is 0 Å². The molecule has 0 bridgehead atoms. The molecule has 0 spiro atoms. The summed E-state index contributed by atoms with van der Waals surface area (Å²) in [7, 11) is 0. The number of fused-ring (bicyclic) bond motifs is 1. The van der Waals surface area contributed by atoms with Gasteiger partial charge in [0.05, 0.1) is 17.8 Å². The van der Waals surface area contributed by atoms with Crippen LogP contribution in [0.1, 0.15) is 32.0 Å². The van der Waals surface area contributed by atoms with E-state index in [-0.39, 0.29) is 17.5 Å². The first-order chi connectivity index (χ1) is 12.1. The third-order valence-corrected chi connectivity index (χ3v) is 4.72. The second kappa shape index (κ2) is 7.12. The van der Waals surface area contributed by atoms with Crippen molar-refractivity contribution in [2.45, 2.75) is 39.3 Å². The molecule has 1 aromatic heterocycles. The summed E-state index contributed by atoms with van der Waals surface area (Å²) in [5, 5.41) is 0.412. The highest BCUT2D eigenvalue weighted by atomic mass is 79.9. The molecule has 0 N–H and O–H groups in total. The number of rotatable bonds is 1. The van der Waals surface area contributed by atoms with Crippen molar-refractivity contribution in [1.82, 2.24) is 14.9 Å². The normalized spacial score (nSPS) is 14.2. The Balaban J connectivity index is 1.90. The molecule has 1 aliphatic heterocycles. The summed E-state index contributed by atoms with van der Waals surface area (Å²) >= 11 is 9.39. The van der Waals surface area contributed by atoms with Crippen LogP contribution in [0, 0.1) is 5.82 Å². The lowest BCUT2D eigenvalue weighted by atomic mass is 10.1. The molecule has 26 heavy (non-hydrogen) atoms. The van der Waals surface area contributed by atoms with Gasteiger partial charge in [-0.15, -0.1) is 0 Å². The highest BCUT2D eigenvalue weighted by Crippen LogP contribution is 2.30. The molecule has 3 rings (SSSR count). The number of hydrogen-bond donors (Lipinski definition) is 0. The van der Waals surface area contributed by atoms with Crippen LogP contribution in [0.25, 0.3) is 11.4 Å². The molecule has 0 saturated heterocycles. The summed E-state index contributed by atoms with van der Waals surface area (Å²) in [6.07, 6.45) is 0.158. The van der Waals surface area contributed by atoms with Crippen LogP contribution < -0.4 is 0 Å². The van der Waals surface area contributed by atoms with E-state index in [1.165, 1.54) is 18.2 Å². The van der Waals surface area contributed by atoms with E-state index in [0.29, 0.717) is 29.1 Å². The lowest BCUT2D eigenvalue weighted by Gasteiger charge is -2.31. The standard InChI is InChI=1S/C18H18BrClFN3O2/c1-18(2,3)26-17(25)24-7-6-14-12(9-24)15(19)23-16(22-14)11-8-10(20)4-5-13(11)21/h4-5,8H,6-7,9H2,1-3H3. The lowest BCUT2D eigenvalue weighted by Crippen LogP contribution is -2.40. The van der Waals surface area contributed by atoms with Gasteiger partial charge in [-0.3, -0.25) is 0 Å². The van der Waals surface area contributed by atoms with Crippen LogP contribution in [0.4, 0.5) is 9.18 Å². The van der Waals surface area contributed by atoms with Crippen LogP contribution in [-0.4, -0.2) is 33.1 Å². The first-order valence-corrected chi connectivity index (χ1v) is 9.30. The van der Waals surface area contributed by atoms with Crippen molar-refractivity contribution >= 4 is 33.6 Å². The third kappa shape index (κ3) is 4.15. The van der Waals surface area contributed by atoms with Crippen molar-refractivity contribution in [3.8, 4) is 11.4 Å². The first kappa shape index (κ1) is 19.0. The Bertz CT molecular complexity index is 870. The zero-order chi connectivity index (χ0) is 19.1. The van der Waals surface area contributed by atoms with E-state index in [1.807, 2.05) is 20.8 Å². The van der Waals surface area contributed by atoms with E-state index < -0.39 is 11.4 Å². The fraction of sp³-hybridized carbons (Fsp3) is 0.389. The predicted octanol–water partition coefficient (Wildman–Crippen LogP) is 4.99. The SMILES string of the molecule is CC(C)(C)OC(=O)N1CCc2nc(-c3cc(Cl)ccc3F)nc(Br)c2C1. The van der Waals surface area contributed by atoms with Crippen LogP contribution in [-0.2, 0) is 17.7 Å². The number of amides is 1. The van der Waals surface area contributed by atoms with Crippen molar-refractivity contribution in [3.05, 3.63) is 44.9 Å². The molecule has 8 heteroatoms. The van der Waals surface area contributed by atoms with Gasteiger partial charge in [-0.1, -0.05) is 11.6 Å². The summed E-state index contributed by atoms with van der Waals surface area (Å²) < 4.78 is 20.1. The smallest absolute Gasteiger partial charge is 0.410 e. The van der Waals surface area contributed by atoms with Gasteiger partial charge >= 0.3 is 6.09 Å². The maximum Gasteiger partial charge on any atom is 0.410 e. The van der Waals surface area contributed by atoms with Crippen molar-refractivity contribution in [2.75, 3.05) is 6.54 Å². The molecular weight excluding hydrogens is 425 g/mol. The number of hydrogen-bond acceptors (Lipinski definition) is 4. The summed E-state index contributed by atoms with van der Waals surface area (Å²) in [5.74, 6) is -0.172. The maximum absolute atomic E-state index is 14.1. The monoisotopic (exact) mass is 441 g/mol. The Kier molecular flexibility index (Phi) is 5.21. The van der Waals surface area contributed by atoms with Gasteiger partial charge in [0.25, 0.3) is 0 Å². The number of benzene rings is 1. The van der Waals surface area contributed by atoms with Gasteiger partial charge in [-0.2, -0.15) is 0 Å². The Hall–Kier alpha value is -1.73. The van der Waals surface area contributed by atoms with Crippen LogP contribution in [0.15, 0.2) is 22.8 Å². The number of ether oxygens (including phenoxy) is 1. The number of halogens is 3. The van der Waals surface area contributed by atoms with Gasteiger partial charge < -0.3 is 9.64 Å². The highest BCUT2D eigenvalue weighted by Gasteiger charge is 2.28. The Morgan fingerprint density at radius 3 is 2.77 bits per heavy atom. The molecule has 1 amide bonds. The fourth-order valence-electron chi connectivity index (χ4n) is 2.65. The van der Waals surface area contributed by atoms with E-state index in [9.17, 15) is 9.18 Å². The quantitative estimate of drug-likeness (QED) is 0.584. The number of nitrogens with zero attached hydrogens (tertiary/aromatic N) is 3. The molecule has 0 aliphatic carbocycles. The van der Waals surface area contributed by atoms with Gasteiger partial charge in [0.15, 0.2) is 5.82 Å². The minimum Gasteiger partial charge on any atom is -0.444 e. The minimum absolute atomic E-state index is 0.246. The van der Waals surface area contributed by atoms with Crippen molar-refractivity contribution in [2.24, 2.45) is 0 Å². The van der Waals surface area contributed by atoms with Gasteiger partial charge in [-0.05, 0) is 54.9 Å². The van der Waals surface area contributed by atoms with Gasteiger partial charge in [-0.25, -0.2) is 19.2 Å². The summed E-state index contributed by atoms with van der Waals surface area (Å²) in [5.41, 5.74) is 1.27. The Labute approximate surface area is 164 Å². The molecule has 1 aliphatic rings. The summed E-state index contributed by atoms with van der Waals surface area (Å²) in [4.78, 5) is 22.8. The molecule has 1 aromatic carbocycles. The predicted molar refractivity (Wildman–Crippen MR) is 100 cm³/mol. The fourth-order valence-corrected chi connectivity index (χ4v) is 3.34. The van der Waals surface area contributed by atoms with Gasteiger partial charge in [0.2, 0.25) is 0 Å². The maximum atomic E-state index is 14.1. The molecule has 0 radical (unpaired) electrons. The van der Waals surface area contributed by atoms with Crippen LogP contribution >= 0.6 is 27.5 Å². The molecule has 0 atom stereocenters. The topological polar surface area (TPSA) is 55.3 Å². The average Bonchev–Trinajstić information content (AvgIpc) is 2.55. The molecule has 0 saturated carbocycles. The van der Waals surface area contributed by atoms with E-state index in [2.05, 4.69) is 25.9 Å². The van der Waals surface area contributed by atoms with Crippen molar-refractivity contribution in [3.63, 3.8) is 0 Å². The lowest BCUT2D eigenvalue weighted by molar-refractivity contribution is 0.0222. The molecular formula is C18H18BrClFN3O2. The number of carbonyl (C=O) groups excluding carboxylic acids is 1. The second-order valence-corrected chi connectivity index (χ2v) is 8.23. The molecule has 2 aromatic rings. The Morgan fingerprint density at radius 2 is 2.08 bits per heavy atom. The molecule has 0 fully saturated rings. The number of carbonyl (C=O) groups is 1. The first-order valence-electron chi connectivity index (χ1n) is 8.12. The van der Waals surface area contributed by atoms with E-state index in [4.69, 9.17) is 16.3 Å². The average molecular weight is 443 g/mol. The molecule has 5 nitrogen and oxygen atoms in total. The van der Waals surface area contributed by atoms with E-state index in [0.717, 1.165) is 11.3 Å². The minimum atomic E-state index is -0.556. The zero-order valence-electron chi connectivity index (χ0n) is 14.6. The Morgan fingerprint density at radius 1 is 1.35 bits per heavy atom. The number of aromatic nitrogens is 2. The van der Waals surface area contributed by atoms with Crippen LogP contribution in [0.5, 0.6) is 0 Å². The van der Waals surface area contributed by atoms with Gasteiger partial charge in [0, 0.05) is 23.6 Å². The molecule has 0 unspecified atom stereocenters. The van der Waals surface area contributed by atoms with Crippen molar-refractivity contribution < 1.29 is 13.9 Å². The van der Waals surface area contributed by atoms with Crippen LogP contribution in [0.2, 0.25) is 5.02 Å². The van der Waals surface area contributed by atoms with Crippen molar-refractivity contribution in [1.29, 1.82) is 0 Å². The molecule has 138 valence electrons. The summed E-state index contributed by atoms with van der Waals surface area (Å²) in [6.45, 7) is 6.29. The molecule has 2 heterocycles. The van der Waals surface area contributed by atoms with E-state index in [1.54, 1.807) is 4.90 Å². The largest absolute Gasteiger partial charge is 0.444 e. The van der Waals surface area contributed by atoms with E-state index >= 15 is 0 Å².